The number of hydrogen-bond donors (Lipinski definition) is 2. The Morgan fingerprint density at radius 1 is 1.03 bits per heavy atom. The number of nitrogens with one attached hydrogen (secondary N) is 2. The molecule has 0 unspecified atom stereocenters. The minimum atomic E-state index is -0.509. The third-order valence-electron chi connectivity index (χ3n) is 4.58. The molecule has 0 fully saturated rings. The van der Waals surface area contributed by atoms with Crippen LogP contribution in [0.5, 0.6) is 0 Å². The van der Waals surface area contributed by atoms with E-state index in [0.29, 0.717) is 5.69 Å². The van der Waals surface area contributed by atoms with E-state index in [1.165, 1.54) is 18.5 Å². The van der Waals surface area contributed by atoms with Crippen LogP contribution >= 0.6 is 0 Å². The summed E-state index contributed by atoms with van der Waals surface area (Å²) >= 11 is 0. The van der Waals surface area contributed by atoms with Crippen molar-refractivity contribution in [1.82, 2.24) is 20.1 Å². The Labute approximate surface area is 177 Å². The van der Waals surface area contributed by atoms with E-state index in [1.807, 2.05) is 42.5 Å². The van der Waals surface area contributed by atoms with E-state index in [2.05, 4.69) is 20.7 Å². The van der Waals surface area contributed by atoms with Gasteiger partial charge in [-0.15, -0.1) is 0 Å². The fourth-order valence-corrected chi connectivity index (χ4v) is 3.00. The maximum absolute atomic E-state index is 12.5. The number of amides is 1. The van der Waals surface area contributed by atoms with Crippen LogP contribution < -0.4 is 10.6 Å². The molecule has 9 heteroatoms. The quantitative estimate of drug-likeness (QED) is 0.351. The Hall–Kier alpha value is -4.53. The fraction of sp³-hybridized carbons (Fsp3) is 0.0455. The van der Waals surface area contributed by atoms with Gasteiger partial charge < -0.3 is 10.6 Å². The average molecular weight is 414 g/mol. The third kappa shape index (κ3) is 4.73. The SMILES string of the molecule is O=C(NCc1ccc(-n2cncn2)cc1)c1ccc(Nc2ccccc2)c([N+](=O)[O-])c1. The molecule has 1 aromatic heterocycles. The van der Waals surface area contributed by atoms with Crippen LogP contribution in [0.15, 0.2) is 85.5 Å². The van der Waals surface area contributed by atoms with Crippen molar-refractivity contribution in [2.75, 3.05) is 5.32 Å². The van der Waals surface area contributed by atoms with Crippen LogP contribution in [-0.4, -0.2) is 25.6 Å². The second-order valence-electron chi connectivity index (χ2n) is 6.67. The van der Waals surface area contributed by atoms with Crippen molar-refractivity contribution in [2.45, 2.75) is 6.54 Å². The van der Waals surface area contributed by atoms with E-state index >= 15 is 0 Å². The van der Waals surface area contributed by atoms with Crippen molar-refractivity contribution in [3.05, 3.63) is 107 Å². The number of nitrogens with zero attached hydrogens (tertiary/aromatic N) is 4. The molecule has 0 radical (unpaired) electrons. The molecular formula is C22H18N6O3. The smallest absolute Gasteiger partial charge is 0.293 e. The largest absolute Gasteiger partial charge is 0.350 e. The first-order valence-electron chi connectivity index (χ1n) is 9.43. The second-order valence-corrected chi connectivity index (χ2v) is 6.67. The monoisotopic (exact) mass is 414 g/mol. The van der Waals surface area contributed by atoms with Gasteiger partial charge in [-0.1, -0.05) is 30.3 Å². The standard InChI is InChI=1S/C22H18N6O3/c29-22(24-13-16-6-9-19(10-7-16)27-15-23-14-25-27)17-8-11-20(21(12-17)28(30)31)26-18-4-2-1-3-5-18/h1-12,14-15,26H,13H2,(H,24,29). The molecule has 1 heterocycles. The van der Waals surface area contributed by atoms with E-state index in [0.717, 1.165) is 16.9 Å². The third-order valence-corrected chi connectivity index (χ3v) is 4.58. The molecule has 0 saturated carbocycles. The normalized spacial score (nSPS) is 10.5. The Morgan fingerprint density at radius 2 is 1.81 bits per heavy atom. The summed E-state index contributed by atoms with van der Waals surface area (Å²) in [7, 11) is 0. The highest BCUT2D eigenvalue weighted by Crippen LogP contribution is 2.28. The van der Waals surface area contributed by atoms with Crippen LogP contribution in [0, 0.1) is 10.1 Å². The summed E-state index contributed by atoms with van der Waals surface area (Å²) < 4.78 is 1.63. The van der Waals surface area contributed by atoms with Gasteiger partial charge in [0, 0.05) is 23.9 Å². The minimum Gasteiger partial charge on any atom is -0.350 e. The summed E-state index contributed by atoms with van der Waals surface area (Å²) in [5, 5.41) is 21.4. The number of rotatable bonds is 7. The molecule has 1 amide bonds. The molecule has 4 aromatic rings. The van der Waals surface area contributed by atoms with Gasteiger partial charge in [0.1, 0.15) is 18.3 Å². The first kappa shape index (κ1) is 19.8. The van der Waals surface area contributed by atoms with Gasteiger partial charge >= 0.3 is 0 Å². The number of nitro benzene ring substituents is 1. The summed E-state index contributed by atoms with van der Waals surface area (Å²) in [6.07, 6.45) is 3.05. The highest BCUT2D eigenvalue weighted by atomic mass is 16.6. The summed E-state index contributed by atoms with van der Waals surface area (Å²) in [4.78, 5) is 27.5. The molecule has 0 atom stereocenters. The van der Waals surface area contributed by atoms with Gasteiger partial charge in [-0.05, 0) is 42.0 Å². The van der Waals surface area contributed by atoms with E-state index in [1.54, 1.807) is 29.2 Å². The number of benzene rings is 3. The molecule has 31 heavy (non-hydrogen) atoms. The lowest BCUT2D eigenvalue weighted by Gasteiger charge is -2.10. The number of carbonyl (C=O) groups is 1. The number of anilines is 2. The second kappa shape index (κ2) is 8.87. The van der Waals surface area contributed by atoms with Gasteiger partial charge in [0.2, 0.25) is 0 Å². The van der Waals surface area contributed by atoms with Crippen molar-refractivity contribution < 1.29 is 9.72 Å². The molecule has 9 nitrogen and oxygen atoms in total. The summed E-state index contributed by atoms with van der Waals surface area (Å²) in [6.45, 7) is 0.286. The maximum Gasteiger partial charge on any atom is 0.293 e. The van der Waals surface area contributed by atoms with Crippen LogP contribution in [0.4, 0.5) is 17.1 Å². The maximum atomic E-state index is 12.5. The zero-order valence-electron chi connectivity index (χ0n) is 16.3. The molecule has 0 saturated heterocycles. The number of hydrogen-bond acceptors (Lipinski definition) is 6. The van der Waals surface area contributed by atoms with Gasteiger partial charge in [0.05, 0.1) is 10.6 Å². The first-order valence-corrected chi connectivity index (χ1v) is 9.43. The van der Waals surface area contributed by atoms with Crippen molar-refractivity contribution in [3.63, 3.8) is 0 Å². The highest BCUT2D eigenvalue weighted by Gasteiger charge is 2.18. The minimum absolute atomic E-state index is 0.173. The molecule has 3 aromatic carbocycles. The summed E-state index contributed by atoms with van der Waals surface area (Å²) in [6, 6.07) is 21.0. The van der Waals surface area contributed by atoms with Gasteiger partial charge in [-0.25, -0.2) is 9.67 Å². The van der Waals surface area contributed by atoms with Crippen LogP contribution in [0.25, 0.3) is 5.69 Å². The fourth-order valence-electron chi connectivity index (χ4n) is 3.00. The summed E-state index contributed by atoms with van der Waals surface area (Å²) in [5.74, 6) is -0.394. The zero-order valence-corrected chi connectivity index (χ0v) is 16.3. The Kier molecular flexibility index (Phi) is 5.66. The molecule has 0 bridgehead atoms. The number of para-hydroxylation sites is 1. The van der Waals surface area contributed by atoms with E-state index in [4.69, 9.17) is 0 Å². The highest BCUT2D eigenvalue weighted by molar-refractivity contribution is 5.95. The number of nitro groups is 1. The van der Waals surface area contributed by atoms with Crippen molar-refractivity contribution in [3.8, 4) is 5.69 Å². The van der Waals surface area contributed by atoms with E-state index in [9.17, 15) is 14.9 Å². The molecule has 154 valence electrons. The van der Waals surface area contributed by atoms with Crippen LogP contribution in [0.3, 0.4) is 0 Å². The summed E-state index contributed by atoms with van der Waals surface area (Å²) in [5.41, 5.74) is 2.81. The van der Waals surface area contributed by atoms with E-state index in [-0.39, 0.29) is 17.8 Å². The molecular weight excluding hydrogens is 396 g/mol. The molecule has 2 N–H and O–H groups in total. The van der Waals surface area contributed by atoms with Crippen molar-refractivity contribution in [1.29, 1.82) is 0 Å². The molecule has 0 aliphatic carbocycles. The predicted octanol–water partition coefficient (Wildman–Crippen LogP) is 3.85. The van der Waals surface area contributed by atoms with Crippen LogP contribution in [0.1, 0.15) is 15.9 Å². The number of aromatic nitrogens is 3. The van der Waals surface area contributed by atoms with Gasteiger partial charge in [0.25, 0.3) is 11.6 Å². The van der Waals surface area contributed by atoms with E-state index < -0.39 is 10.8 Å². The molecule has 0 spiro atoms. The van der Waals surface area contributed by atoms with Gasteiger partial charge in [-0.3, -0.25) is 14.9 Å². The van der Waals surface area contributed by atoms with Gasteiger partial charge in [-0.2, -0.15) is 5.10 Å². The predicted molar refractivity (Wildman–Crippen MR) is 115 cm³/mol. The van der Waals surface area contributed by atoms with Crippen LogP contribution in [0.2, 0.25) is 0 Å². The first-order chi connectivity index (χ1) is 15.1. The topological polar surface area (TPSA) is 115 Å². The zero-order chi connectivity index (χ0) is 21.6. The average Bonchev–Trinajstić information content (AvgIpc) is 3.33. The number of carbonyl (C=O) groups excluding carboxylic acids is 1. The van der Waals surface area contributed by atoms with Crippen LogP contribution in [-0.2, 0) is 6.54 Å². The lowest BCUT2D eigenvalue weighted by atomic mass is 10.1. The Morgan fingerprint density at radius 3 is 2.48 bits per heavy atom. The Balaban J connectivity index is 1.44. The Bertz CT molecular complexity index is 1190. The van der Waals surface area contributed by atoms with Gasteiger partial charge in [0.15, 0.2) is 0 Å². The lowest BCUT2D eigenvalue weighted by Crippen LogP contribution is -2.23. The molecule has 4 rings (SSSR count). The van der Waals surface area contributed by atoms with Crippen molar-refractivity contribution in [2.24, 2.45) is 0 Å². The van der Waals surface area contributed by atoms with Crippen molar-refractivity contribution >= 4 is 23.0 Å². The lowest BCUT2D eigenvalue weighted by molar-refractivity contribution is -0.383. The molecule has 0 aliphatic rings. The molecule has 0 aliphatic heterocycles.